The van der Waals surface area contributed by atoms with E-state index >= 15 is 0 Å². The maximum absolute atomic E-state index is 13.2. The molecule has 0 saturated heterocycles. The molecule has 0 spiro atoms. The third kappa shape index (κ3) is 4.60. The van der Waals surface area contributed by atoms with Gasteiger partial charge in [-0.25, -0.2) is 18.1 Å². The number of aryl methyl sites for hydroxylation is 1. The lowest BCUT2D eigenvalue weighted by molar-refractivity contribution is -0.150. The van der Waals surface area contributed by atoms with Crippen molar-refractivity contribution in [1.82, 2.24) is 9.71 Å². The quantitative estimate of drug-likeness (QED) is 0.678. The van der Waals surface area contributed by atoms with Crippen LogP contribution in [0.1, 0.15) is 29.2 Å². The Hall–Kier alpha value is -1.78. The minimum Gasteiger partial charge on any atom is -0.369 e. The SMILES string of the molecule is Cc1cnc(NC[C@@H]2C[C@H]2C(F)(F)F)c(S(=O)(=O)NC2CSCc3ccccc32)c1. The van der Waals surface area contributed by atoms with Crippen LogP contribution >= 0.6 is 11.8 Å². The van der Waals surface area contributed by atoms with Crippen molar-refractivity contribution < 1.29 is 21.6 Å². The standard InChI is InChI=1S/C20H22F3N3O2S2/c1-12-6-18(19(24-8-12)25-9-14-7-16(14)20(21,22)23)30(27,28)26-17-11-29-10-13-4-2-3-5-15(13)17/h2-6,8,14,16-17,26H,7,9-11H2,1H3,(H,24,25)/t14-,16+,17?/m0/s1. The Morgan fingerprint density at radius 2 is 2.03 bits per heavy atom. The van der Waals surface area contributed by atoms with E-state index in [9.17, 15) is 21.6 Å². The number of alkyl halides is 3. The minimum atomic E-state index is -4.21. The van der Waals surface area contributed by atoms with Gasteiger partial charge in [0.1, 0.15) is 10.7 Å². The predicted molar refractivity (Wildman–Crippen MR) is 111 cm³/mol. The third-order valence-corrected chi connectivity index (χ3v) is 7.99. The second kappa shape index (κ2) is 8.05. The molecule has 162 valence electrons. The Morgan fingerprint density at radius 1 is 1.27 bits per heavy atom. The summed E-state index contributed by atoms with van der Waals surface area (Å²) in [6, 6.07) is 8.82. The van der Waals surface area contributed by atoms with E-state index in [2.05, 4.69) is 15.0 Å². The molecule has 2 aromatic rings. The topological polar surface area (TPSA) is 71.1 Å². The van der Waals surface area contributed by atoms with Gasteiger partial charge in [-0.05, 0) is 42.0 Å². The molecule has 10 heteroatoms. The number of aromatic nitrogens is 1. The Labute approximate surface area is 177 Å². The average Bonchev–Trinajstić information content (AvgIpc) is 3.47. The van der Waals surface area contributed by atoms with Crippen LogP contribution in [0.5, 0.6) is 0 Å². The number of benzene rings is 1. The van der Waals surface area contributed by atoms with Gasteiger partial charge in [-0.2, -0.15) is 24.9 Å². The molecule has 2 heterocycles. The molecule has 1 unspecified atom stereocenters. The number of nitrogens with one attached hydrogen (secondary N) is 2. The predicted octanol–water partition coefficient (Wildman–Crippen LogP) is 4.27. The highest BCUT2D eigenvalue weighted by atomic mass is 32.2. The van der Waals surface area contributed by atoms with Crippen LogP contribution in [0.25, 0.3) is 0 Å². The molecule has 1 aliphatic heterocycles. The molecule has 5 nitrogen and oxygen atoms in total. The molecule has 1 aliphatic carbocycles. The molecular weight excluding hydrogens is 435 g/mol. The second-order valence-electron chi connectivity index (χ2n) is 7.77. The van der Waals surface area contributed by atoms with Crippen molar-refractivity contribution in [3.8, 4) is 0 Å². The maximum atomic E-state index is 13.2. The van der Waals surface area contributed by atoms with E-state index in [1.54, 1.807) is 18.7 Å². The van der Waals surface area contributed by atoms with Crippen molar-refractivity contribution >= 4 is 27.6 Å². The molecule has 0 bridgehead atoms. The number of sulfonamides is 1. The molecule has 0 radical (unpaired) electrons. The van der Waals surface area contributed by atoms with Crippen LogP contribution in [0.2, 0.25) is 0 Å². The summed E-state index contributed by atoms with van der Waals surface area (Å²) in [5.41, 5.74) is 2.69. The number of halogens is 3. The Bertz CT molecular complexity index is 1040. The number of hydrogen-bond donors (Lipinski definition) is 2. The summed E-state index contributed by atoms with van der Waals surface area (Å²) in [7, 11) is -3.94. The highest BCUT2D eigenvalue weighted by molar-refractivity contribution is 7.98. The van der Waals surface area contributed by atoms with Gasteiger partial charge in [0.15, 0.2) is 0 Å². The molecule has 2 N–H and O–H groups in total. The van der Waals surface area contributed by atoms with Crippen molar-refractivity contribution in [3.05, 3.63) is 53.2 Å². The number of anilines is 1. The van der Waals surface area contributed by atoms with Crippen LogP contribution in [0.15, 0.2) is 41.4 Å². The summed E-state index contributed by atoms with van der Waals surface area (Å²) in [5, 5.41) is 2.83. The van der Waals surface area contributed by atoms with Crippen LogP contribution in [0.4, 0.5) is 19.0 Å². The van der Waals surface area contributed by atoms with Crippen LogP contribution in [-0.2, 0) is 15.8 Å². The zero-order valence-corrected chi connectivity index (χ0v) is 17.9. The van der Waals surface area contributed by atoms with Crippen molar-refractivity contribution in [2.45, 2.75) is 36.2 Å². The van der Waals surface area contributed by atoms with Crippen LogP contribution in [-0.4, -0.2) is 31.9 Å². The molecule has 1 saturated carbocycles. The van der Waals surface area contributed by atoms with Gasteiger partial charge >= 0.3 is 6.18 Å². The lowest BCUT2D eigenvalue weighted by atomic mass is 10.0. The van der Waals surface area contributed by atoms with Gasteiger partial charge in [0, 0.05) is 24.2 Å². The Kier molecular flexibility index (Phi) is 5.75. The molecule has 1 aromatic carbocycles. The van der Waals surface area contributed by atoms with Crippen LogP contribution in [0.3, 0.4) is 0 Å². The summed E-state index contributed by atoms with van der Waals surface area (Å²) in [4.78, 5) is 4.11. The number of nitrogens with zero attached hydrogens (tertiary/aromatic N) is 1. The van der Waals surface area contributed by atoms with Crippen molar-refractivity contribution in [2.24, 2.45) is 11.8 Å². The van der Waals surface area contributed by atoms with E-state index in [1.165, 1.54) is 12.3 Å². The van der Waals surface area contributed by atoms with E-state index in [-0.39, 0.29) is 29.7 Å². The third-order valence-electron chi connectivity index (χ3n) is 5.42. The fourth-order valence-corrected chi connectivity index (χ4v) is 6.35. The first-order chi connectivity index (χ1) is 14.1. The van der Waals surface area contributed by atoms with Gasteiger partial charge < -0.3 is 5.32 Å². The van der Waals surface area contributed by atoms with E-state index in [0.717, 1.165) is 16.9 Å². The fraction of sp³-hybridized carbons (Fsp3) is 0.450. The van der Waals surface area contributed by atoms with Crippen molar-refractivity contribution in [1.29, 1.82) is 0 Å². The number of pyridine rings is 1. The van der Waals surface area contributed by atoms with E-state index < -0.39 is 28.0 Å². The number of thioether (sulfide) groups is 1. The van der Waals surface area contributed by atoms with Gasteiger partial charge in [0.2, 0.25) is 10.0 Å². The monoisotopic (exact) mass is 457 g/mol. The maximum Gasteiger partial charge on any atom is 0.392 e. The van der Waals surface area contributed by atoms with E-state index in [0.29, 0.717) is 11.3 Å². The van der Waals surface area contributed by atoms with Gasteiger partial charge in [0.05, 0.1) is 12.0 Å². The molecule has 1 fully saturated rings. The van der Waals surface area contributed by atoms with Gasteiger partial charge in [-0.3, -0.25) is 0 Å². The first-order valence-electron chi connectivity index (χ1n) is 9.60. The Morgan fingerprint density at radius 3 is 2.77 bits per heavy atom. The number of fused-ring (bicyclic) bond motifs is 1. The molecule has 0 amide bonds. The summed E-state index contributed by atoms with van der Waals surface area (Å²) < 4.78 is 67.4. The molecule has 2 aliphatic rings. The van der Waals surface area contributed by atoms with Crippen LogP contribution in [0, 0.1) is 18.8 Å². The number of rotatable bonds is 6. The van der Waals surface area contributed by atoms with Crippen molar-refractivity contribution in [3.63, 3.8) is 0 Å². The first-order valence-corrected chi connectivity index (χ1v) is 12.2. The minimum absolute atomic E-state index is 0.0326. The fourth-order valence-electron chi connectivity index (χ4n) is 3.71. The number of hydrogen-bond acceptors (Lipinski definition) is 5. The van der Waals surface area contributed by atoms with Gasteiger partial charge in [0.25, 0.3) is 0 Å². The first kappa shape index (κ1) is 21.5. The summed E-state index contributed by atoms with van der Waals surface area (Å²) >= 11 is 1.65. The van der Waals surface area contributed by atoms with E-state index in [4.69, 9.17) is 0 Å². The van der Waals surface area contributed by atoms with E-state index in [1.807, 2.05) is 24.3 Å². The smallest absolute Gasteiger partial charge is 0.369 e. The lowest BCUT2D eigenvalue weighted by Crippen LogP contribution is -2.33. The molecule has 1 aromatic heterocycles. The van der Waals surface area contributed by atoms with Gasteiger partial charge in [-0.15, -0.1) is 0 Å². The highest BCUT2D eigenvalue weighted by Crippen LogP contribution is 2.50. The highest BCUT2D eigenvalue weighted by Gasteiger charge is 2.55. The largest absolute Gasteiger partial charge is 0.392 e. The van der Waals surface area contributed by atoms with Crippen molar-refractivity contribution in [2.75, 3.05) is 17.6 Å². The zero-order chi connectivity index (χ0) is 21.5. The molecule has 4 rings (SSSR count). The Balaban J connectivity index is 1.54. The summed E-state index contributed by atoms with van der Waals surface area (Å²) in [6.45, 7) is 1.76. The molecule has 30 heavy (non-hydrogen) atoms. The van der Waals surface area contributed by atoms with Crippen LogP contribution < -0.4 is 10.0 Å². The molecule has 3 atom stereocenters. The normalized spacial score (nSPS) is 23.7. The summed E-state index contributed by atoms with van der Waals surface area (Å²) in [5.74, 6) is -0.372. The zero-order valence-electron chi connectivity index (χ0n) is 16.2. The lowest BCUT2D eigenvalue weighted by Gasteiger charge is -2.26. The molecular formula is C20H22F3N3O2S2. The summed E-state index contributed by atoms with van der Waals surface area (Å²) in [6.07, 6.45) is -2.66. The average molecular weight is 458 g/mol. The van der Waals surface area contributed by atoms with Gasteiger partial charge in [-0.1, -0.05) is 24.3 Å². The second-order valence-corrected chi connectivity index (χ2v) is 10.5.